The van der Waals surface area contributed by atoms with Crippen LogP contribution in [0.1, 0.15) is 46.6 Å². The number of aromatic nitrogens is 1. The van der Waals surface area contributed by atoms with Gasteiger partial charge in [0.2, 0.25) is 5.91 Å². The molecule has 0 radical (unpaired) electrons. The van der Waals surface area contributed by atoms with E-state index in [1.165, 1.54) is 28.1 Å². The maximum absolute atomic E-state index is 13.5. The van der Waals surface area contributed by atoms with Gasteiger partial charge in [0.15, 0.2) is 0 Å². The normalized spacial score (nSPS) is 20.0. The van der Waals surface area contributed by atoms with E-state index in [4.69, 9.17) is 4.98 Å². The number of nitrogens with zero attached hydrogens (tertiary/aromatic N) is 5. The molecule has 0 spiro atoms. The molecule has 0 unspecified atom stereocenters. The number of anilines is 2. The number of amides is 2. The molecule has 2 atom stereocenters. The highest BCUT2D eigenvalue weighted by Crippen LogP contribution is 2.36. The molecule has 0 saturated carbocycles. The molecule has 43 heavy (non-hydrogen) atoms. The van der Waals surface area contributed by atoms with E-state index in [1.54, 1.807) is 4.90 Å². The van der Waals surface area contributed by atoms with Gasteiger partial charge in [-0.05, 0) is 61.9 Å². The molecule has 2 fully saturated rings. The van der Waals surface area contributed by atoms with Gasteiger partial charge < -0.3 is 25.3 Å². The minimum atomic E-state index is -0.252. The third-order valence-electron chi connectivity index (χ3n) is 9.10. The van der Waals surface area contributed by atoms with Gasteiger partial charge in [-0.15, -0.1) is 0 Å². The summed E-state index contributed by atoms with van der Waals surface area (Å²) in [6.45, 7) is 10.4. The number of hydrogen-bond acceptors (Lipinski definition) is 7. The first kappa shape index (κ1) is 28.7. The second-order valence-electron chi connectivity index (χ2n) is 11.8. The molecule has 222 valence electrons. The number of aryl methyl sites for hydroxylation is 1. The minimum Gasteiger partial charge on any atom is -0.367 e. The van der Waals surface area contributed by atoms with Crippen molar-refractivity contribution in [1.29, 1.82) is 5.26 Å². The van der Waals surface area contributed by atoms with Gasteiger partial charge in [0.25, 0.3) is 5.91 Å². The molecule has 2 N–H and O–H groups in total. The quantitative estimate of drug-likeness (QED) is 0.413. The van der Waals surface area contributed by atoms with Gasteiger partial charge in [-0.2, -0.15) is 5.26 Å². The van der Waals surface area contributed by atoms with E-state index in [9.17, 15) is 14.9 Å². The Morgan fingerprint density at radius 2 is 2.00 bits per heavy atom. The molecule has 2 aromatic carbocycles. The Hall–Kier alpha value is -4.42. The predicted molar refractivity (Wildman–Crippen MR) is 169 cm³/mol. The van der Waals surface area contributed by atoms with Crippen LogP contribution >= 0.6 is 0 Å². The van der Waals surface area contributed by atoms with Crippen LogP contribution in [0.2, 0.25) is 0 Å². The second-order valence-corrected chi connectivity index (χ2v) is 11.8. The molecule has 1 aromatic heterocycles. The van der Waals surface area contributed by atoms with Crippen molar-refractivity contribution in [3.63, 3.8) is 0 Å². The van der Waals surface area contributed by atoms with Crippen molar-refractivity contribution < 1.29 is 9.59 Å². The Labute approximate surface area is 253 Å². The van der Waals surface area contributed by atoms with Crippen LogP contribution in [0.15, 0.2) is 55.1 Å². The fourth-order valence-electron chi connectivity index (χ4n) is 6.89. The Balaban J connectivity index is 1.35. The van der Waals surface area contributed by atoms with E-state index in [0.29, 0.717) is 38.4 Å². The molecule has 0 bridgehead atoms. The molecule has 9 nitrogen and oxygen atoms in total. The lowest BCUT2D eigenvalue weighted by Crippen LogP contribution is -2.55. The summed E-state index contributed by atoms with van der Waals surface area (Å²) in [6.07, 6.45) is 4.51. The van der Waals surface area contributed by atoms with Crippen LogP contribution in [0.4, 0.5) is 11.4 Å². The van der Waals surface area contributed by atoms with Gasteiger partial charge in [-0.25, -0.2) is 4.98 Å². The van der Waals surface area contributed by atoms with Crippen LogP contribution in [0, 0.1) is 18.3 Å². The van der Waals surface area contributed by atoms with Crippen LogP contribution < -0.4 is 20.4 Å². The summed E-state index contributed by atoms with van der Waals surface area (Å²) in [7, 11) is 0. The third kappa shape index (κ3) is 5.80. The van der Waals surface area contributed by atoms with Gasteiger partial charge in [0.1, 0.15) is 5.69 Å². The van der Waals surface area contributed by atoms with Gasteiger partial charge in [-0.3, -0.25) is 9.59 Å². The Bertz CT molecular complexity index is 1580. The zero-order valence-electron chi connectivity index (χ0n) is 24.8. The van der Waals surface area contributed by atoms with Crippen molar-refractivity contribution >= 4 is 34.0 Å². The standard InChI is InChI=1S/C34H39N7O2/c1-3-32(42)41-18-17-40(21-26(41)12-14-35)31-19-28(34(43)37-20-25-10-6-15-36-25)38-29-22-39(16-13-27(29)31)30-11-5-9-24-8-4-7-23(2)33(24)30/h3-5,7-9,11,19,25-26,36H,1,6,10,12-13,15-18,20-22H2,2H3,(H,37,43)/t25-,26-/m0/s1. The lowest BCUT2D eigenvalue weighted by Gasteiger charge is -2.43. The van der Waals surface area contributed by atoms with Crippen molar-refractivity contribution in [2.24, 2.45) is 0 Å². The molecule has 6 rings (SSSR count). The summed E-state index contributed by atoms with van der Waals surface area (Å²) in [5.41, 5.74) is 5.84. The van der Waals surface area contributed by atoms with Gasteiger partial charge in [0.05, 0.1) is 30.8 Å². The van der Waals surface area contributed by atoms with Gasteiger partial charge in [-0.1, -0.05) is 36.9 Å². The average Bonchev–Trinajstić information content (AvgIpc) is 3.56. The number of fused-ring (bicyclic) bond motifs is 2. The number of rotatable bonds is 7. The molecule has 3 aromatic rings. The molecule has 4 heterocycles. The molecule has 2 amide bonds. The molecule has 2 saturated heterocycles. The number of carbonyl (C=O) groups excluding carboxylic acids is 2. The van der Waals surface area contributed by atoms with E-state index in [2.05, 4.69) is 76.4 Å². The first-order valence-corrected chi connectivity index (χ1v) is 15.3. The summed E-state index contributed by atoms with van der Waals surface area (Å²) in [6, 6.07) is 17.0. The molecular formula is C34H39N7O2. The highest BCUT2D eigenvalue weighted by atomic mass is 16.2. The summed E-state index contributed by atoms with van der Waals surface area (Å²) in [4.78, 5) is 37.4. The van der Waals surface area contributed by atoms with Crippen LogP contribution in [0.5, 0.6) is 0 Å². The monoisotopic (exact) mass is 577 g/mol. The number of nitrogens with one attached hydrogen (secondary N) is 2. The Morgan fingerprint density at radius 3 is 2.77 bits per heavy atom. The number of nitriles is 1. The number of hydrogen-bond donors (Lipinski definition) is 2. The van der Waals surface area contributed by atoms with Crippen molar-refractivity contribution in [1.82, 2.24) is 20.5 Å². The smallest absolute Gasteiger partial charge is 0.270 e. The second kappa shape index (κ2) is 12.4. The van der Waals surface area contributed by atoms with Crippen molar-refractivity contribution in [2.75, 3.05) is 49.1 Å². The highest BCUT2D eigenvalue weighted by molar-refractivity contribution is 5.97. The van der Waals surface area contributed by atoms with Crippen molar-refractivity contribution in [3.05, 3.63) is 77.6 Å². The molecule has 0 aliphatic carbocycles. The van der Waals surface area contributed by atoms with E-state index in [0.717, 1.165) is 49.3 Å². The van der Waals surface area contributed by atoms with Gasteiger partial charge in [0, 0.05) is 61.1 Å². The summed E-state index contributed by atoms with van der Waals surface area (Å²) >= 11 is 0. The van der Waals surface area contributed by atoms with E-state index in [1.807, 2.05) is 6.07 Å². The van der Waals surface area contributed by atoms with E-state index >= 15 is 0 Å². The minimum absolute atomic E-state index is 0.154. The first-order chi connectivity index (χ1) is 21.0. The maximum atomic E-state index is 13.5. The Morgan fingerprint density at radius 1 is 1.16 bits per heavy atom. The maximum Gasteiger partial charge on any atom is 0.270 e. The summed E-state index contributed by atoms with van der Waals surface area (Å²) in [5, 5.41) is 18.5. The fraction of sp³-hybridized carbons (Fsp3) is 0.412. The number of pyridine rings is 1. The number of carbonyl (C=O) groups is 2. The first-order valence-electron chi connectivity index (χ1n) is 15.3. The van der Waals surface area contributed by atoms with E-state index < -0.39 is 0 Å². The summed E-state index contributed by atoms with van der Waals surface area (Å²) < 4.78 is 0. The molecule has 9 heteroatoms. The molecule has 3 aliphatic rings. The zero-order chi connectivity index (χ0) is 29.9. The number of benzene rings is 2. The average molecular weight is 578 g/mol. The predicted octanol–water partition coefficient (Wildman–Crippen LogP) is 3.70. The van der Waals surface area contributed by atoms with Crippen molar-refractivity contribution in [3.8, 4) is 6.07 Å². The molecular weight excluding hydrogens is 538 g/mol. The zero-order valence-corrected chi connectivity index (χ0v) is 24.8. The highest BCUT2D eigenvalue weighted by Gasteiger charge is 2.33. The fourth-order valence-corrected chi connectivity index (χ4v) is 6.89. The summed E-state index contributed by atoms with van der Waals surface area (Å²) in [5.74, 6) is -0.330. The lowest BCUT2D eigenvalue weighted by atomic mass is 9.97. The van der Waals surface area contributed by atoms with Crippen LogP contribution in [0.3, 0.4) is 0 Å². The third-order valence-corrected chi connectivity index (χ3v) is 9.10. The molecule has 3 aliphatic heterocycles. The van der Waals surface area contributed by atoms with Gasteiger partial charge >= 0.3 is 0 Å². The largest absolute Gasteiger partial charge is 0.367 e. The Kier molecular flexibility index (Phi) is 8.30. The number of piperazine rings is 1. The van der Waals surface area contributed by atoms with Crippen LogP contribution in [0.25, 0.3) is 10.8 Å². The topological polar surface area (TPSA) is 105 Å². The van der Waals surface area contributed by atoms with Crippen LogP contribution in [-0.2, 0) is 17.8 Å². The van der Waals surface area contributed by atoms with Crippen molar-refractivity contribution in [2.45, 2.75) is 51.2 Å². The lowest BCUT2D eigenvalue weighted by molar-refractivity contribution is -0.128. The van der Waals surface area contributed by atoms with E-state index in [-0.39, 0.29) is 30.3 Å². The SMILES string of the molecule is C=CC(=O)N1CCN(c2cc(C(=O)NC[C@@H]3CCCN3)nc3c2CCN(c2cccc4cccc(C)c24)C3)C[C@@H]1CC#N. The van der Waals surface area contributed by atoms with Crippen LogP contribution in [-0.4, -0.2) is 73.1 Å².